The molecular formula is C14H18ClFN2O2S. The van der Waals surface area contributed by atoms with Gasteiger partial charge in [0.25, 0.3) is 0 Å². The molecule has 1 aliphatic rings. The minimum absolute atomic E-state index is 0.00719. The molecule has 21 heavy (non-hydrogen) atoms. The van der Waals surface area contributed by atoms with Gasteiger partial charge < -0.3 is 10.1 Å². The average molecular weight is 333 g/mol. The van der Waals surface area contributed by atoms with Gasteiger partial charge in [-0.1, -0.05) is 11.6 Å². The van der Waals surface area contributed by atoms with E-state index < -0.39 is 5.82 Å². The van der Waals surface area contributed by atoms with Gasteiger partial charge in [-0.3, -0.25) is 9.69 Å². The molecule has 1 saturated heterocycles. The first-order chi connectivity index (χ1) is 10.1. The Hall–Kier alpha value is -0.820. The van der Waals surface area contributed by atoms with Gasteiger partial charge in [-0.15, -0.1) is 0 Å². The van der Waals surface area contributed by atoms with Crippen molar-refractivity contribution in [2.75, 3.05) is 49.7 Å². The molecule has 1 aliphatic heterocycles. The summed E-state index contributed by atoms with van der Waals surface area (Å²) in [5.74, 6) is 0.677. The number of hydrogen-bond acceptors (Lipinski definition) is 4. The molecule has 1 heterocycles. The van der Waals surface area contributed by atoms with Crippen molar-refractivity contribution < 1.29 is 13.9 Å². The minimum atomic E-state index is -0.491. The molecule has 0 saturated carbocycles. The maximum Gasteiger partial charge on any atom is 0.234 e. The minimum Gasteiger partial charge on any atom is -0.379 e. The number of amides is 1. The number of nitrogens with zero attached hydrogens (tertiary/aromatic N) is 1. The molecule has 1 aromatic rings. The van der Waals surface area contributed by atoms with E-state index in [-0.39, 0.29) is 10.9 Å². The normalized spacial score (nSPS) is 15.9. The average Bonchev–Trinajstić information content (AvgIpc) is 2.49. The van der Waals surface area contributed by atoms with E-state index in [4.69, 9.17) is 16.3 Å². The van der Waals surface area contributed by atoms with Gasteiger partial charge in [0.15, 0.2) is 0 Å². The van der Waals surface area contributed by atoms with Crippen molar-refractivity contribution in [1.82, 2.24) is 4.90 Å². The standard InChI is InChI=1S/C14H18ClFN2O2S/c15-12-9-11(1-2-13(12)16)17-14(19)10-21-8-5-18-3-6-20-7-4-18/h1-2,9H,3-8,10H2,(H,17,19). The van der Waals surface area contributed by atoms with Crippen LogP contribution in [0.25, 0.3) is 0 Å². The second-order valence-electron chi connectivity index (χ2n) is 4.68. The smallest absolute Gasteiger partial charge is 0.234 e. The van der Waals surface area contributed by atoms with Crippen LogP contribution in [0.4, 0.5) is 10.1 Å². The maximum atomic E-state index is 13.0. The Kier molecular flexibility index (Phi) is 6.76. The highest BCUT2D eigenvalue weighted by atomic mass is 35.5. The summed E-state index contributed by atoms with van der Waals surface area (Å²) in [5, 5.41) is 2.71. The Morgan fingerprint density at radius 1 is 1.43 bits per heavy atom. The maximum absolute atomic E-state index is 13.0. The third-order valence-electron chi connectivity index (χ3n) is 3.09. The second-order valence-corrected chi connectivity index (χ2v) is 6.20. The molecule has 0 spiro atoms. The van der Waals surface area contributed by atoms with E-state index in [1.165, 1.54) is 18.2 Å². The molecule has 0 aromatic heterocycles. The van der Waals surface area contributed by atoms with Crippen molar-refractivity contribution in [3.8, 4) is 0 Å². The van der Waals surface area contributed by atoms with Crippen molar-refractivity contribution in [2.24, 2.45) is 0 Å². The van der Waals surface area contributed by atoms with Gasteiger partial charge in [0.2, 0.25) is 5.91 Å². The van der Waals surface area contributed by atoms with E-state index in [0.717, 1.165) is 38.6 Å². The molecule has 4 nitrogen and oxygen atoms in total. The highest BCUT2D eigenvalue weighted by Crippen LogP contribution is 2.19. The molecule has 1 N–H and O–H groups in total. The lowest BCUT2D eigenvalue weighted by Crippen LogP contribution is -2.37. The van der Waals surface area contributed by atoms with Crippen molar-refractivity contribution in [3.63, 3.8) is 0 Å². The number of hydrogen-bond donors (Lipinski definition) is 1. The van der Waals surface area contributed by atoms with Crippen molar-refractivity contribution in [2.45, 2.75) is 0 Å². The van der Waals surface area contributed by atoms with Gasteiger partial charge in [-0.05, 0) is 18.2 Å². The summed E-state index contributed by atoms with van der Waals surface area (Å²) in [6, 6.07) is 4.15. The van der Waals surface area contributed by atoms with Gasteiger partial charge in [0.1, 0.15) is 5.82 Å². The Morgan fingerprint density at radius 2 is 2.19 bits per heavy atom. The van der Waals surface area contributed by atoms with E-state index >= 15 is 0 Å². The summed E-state index contributed by atoms with van der Waals surface area (Å²) >= 11 is 7.24. The van der Waals surface area contributed by atoms with Gasteiger partial charge in [0.05, 0.1) is 24.0 Å². The molecule has 1 fully saturated rings. The summed E-state index contributed by atoms with van der Waals surface area (Å²) in [6.45, 7) is 4.46. The van der Waals surface area contributed by atoms with Crippen LogP contribution in [-0.2, 0) is 9.53 Å². The topological polar surface area (TPSA) is 41.6 Å². The monoisotopic (exact) mass is 332 g/mol. The SMILES string of the molecule is O=C(CSCCN1CCOCC1)Nc1ccc(F)c(Cl)c1. The second kappa shape index (κ2) is 8.58. The summed E-state index contributed by atoms with van der Waals surface area (Å²) < 4.78 is 18.3. The fourth-order valence-corrected chi connectivity index (χ4v) is 2.92. The van der Waals surface area contributed by atoms with Gasteiger partial charge >= 0.3 is 0 Å². The van der Waals surface area contributed by atoms with Crippen molar-refractivity contribution >= 4 is 35.0 Å². The molecule has 1 aromatic carbocycles. The lowest BCUT2D eigenvalue weighted by Gasteiger charge is -2.26. The van der Waals surface area contributed by atoms with Crippen LogP contribution in [0.1, 0.15) is 0 Å². The van der Waals surface area contributed by atoms with E-state index in [1.807, 2.05) is 0 Å². The fraction of sp³-hybridized carbons (Fsp3) is 0.500. The number of ether oxygens (including phenoxy) is 1. The fourth-order valence-electron chi connectivity index (χ4n) is 1.95. The molecule has 1 amide bonds. The Labute approximate surface area is 133 Å². The number of morpholine rings is 1. The van der Waals surface area contributed by atoms with Crippen LogP contribution in [0.5, 0.6) is 0 Å². The van der Waals surface area contributed by atoms with Crippen molar-refractivity contribution in [1.29, 1.82) is 0 Å². The molecule has 2 rings (SSSR count). The number of thioether (sulfide) groups is 1. The molecule has 0 radical (unpaired) electrons. The first-order valence-corrected chi connectivity index (χ1v) is 8.31. The van der Waals surface area contributed by atoms with E-state index in [2.05, 4.69) is 10.2 Å². The quantitative estimate of drug-likeness (QED) is 0.813. The zero-order valence-electron chi connectivity index (χ0n) is 11.6. The van der Waals surface area contributed by atoms with Gasteiger partial charge in [0, 0.05) is 31.1 Å². The van der Waals surface area contributed by atoms with Crippen LogP contribution < -0.4 is 5.32 Å². The molecule has 0 aliphatic carbocycles. The van der Waals surface area contributed by atoms with Crippen LogP contribution in [0.3, 0.4) is 0 Å². The summed E-state index contributed by atoms with van der Waals surface area (Å²) in [6.07, 6.45) is 0. The van der Waals surface area contributed by atoms with Gasteiger partial charge in [-0.2, -0.15) is 11.8 Å². The predicted molar refractivity (Wildman–Crippen MR) is 84.6 cm³/mol. The predicted octanol–water partition coefficient (Wildman–Crippen LogP) is 2.48. The lowest BCUT2D eigenvalue weighted by atomic mass is 10.3. The Balaban J connectivity index is 1.63. The molecule has 0 unspecified atom stereocenters. The Morgan fingerprint density at radius 3 is 2.90 bits per heavy atom. The number of anilines is 1. The van der Waals surface area contributed by atoms with Crippen molar-refractivity contribution in [3.05, 3.63) is 29.0 Å². The van der Waals surface area contributed by atoms with Crippen LogP contribution >= 0.6 is 23.4 Å². The van der Waals surface area contributed by atoms with Crippen LogP contribution in [-0.4, -0.2) is 55.2 Å². The molecule has 0 atom stereocenters. The zero-order valence-corrected chi connectivity index (χ0v) is 13.2. The van der Waals surface area contributed by atoms with E-state index in [0.29, 0.717) is 11.4 Å². The van der Waals surface area contributed by atoms with Crippen LogP contribution in [0.15, 0.2) is 18.2 Å². The van der Waals surface area contributed by atoms with Crippen LogP contribution in [0, 0.1) is 5.82 Å². The first kappa shape index (κ1) is 16.5. The zero-order chi connectivity index (χ0) is 15.1. The number of benzene rings is 1. The number of carbonyl (C=O) groups excluding carboxylic acids is 1. The third-order valence-corrected chi connectivity index (χ3v) is 4.32. The Bertz CT molecular complexity index is 484. The van der Waals surface area contributed by atoms with Gasteiger partial charge in [-0.25, -0.2) is 4.39 Å². The largest absolute Gasteiger partial charge is 0.379 e. The summed E-state index contributed by atoms with van der Waals surface area (Å²) in [4.78, 5) is 14.1. The molecular weight excluding hydrogens is 315 g/mol. The number of halogens is 2. The number of carbonyl (C=O) groups is 1. The molecule has 116 valence electrons. The third kappa shape index (κ3) is 5.82. The first-order valence-electron chi connectivity index (χ1n) is 6.78. The summed E-state index contributed by atoms with van der Waals surface area (Å²) in [7, 11) is 0. The summed E-state index contributed by atoms with van der Waals surface area (Å²) in [5.41, 5.74) is 0.514. The number of rotatable bonds is 6. The van der Waals surface area contributed by atoms with E-state index in [1.54, 1.807) is 11.8 Å². The highest BCUT2D eigenvalue weighted by molar-refractivity contribution is 7.99. The van der Waals surface area contributed by atoms with Crippen LogP contribution in [0.2, 0.25) is 5.02 Å². The number of nitrogens with one attached hydrogen (secondary N) is 1. The van der Waals surface area contributed by atoms with E-state index in [9.17, 15) is 9.18 Å². The molecule has 0 bridgehead atoms. The molecule has 7 heteroatoms. The lowest BCUT2D eigenvalue weighted by molar-refractivity contribution is -0.113. The highest BCUT2D eigenvalue weighted by Gasteiger charge is 2.10.